The van der Waals surface area contributed by atoms with Gasteiger partial charge in [0.1, 0.15) is 6.61 Å². The topological polar surface area (TPSA) is 99.1 Å². The van der Waals surface area contributed by atoms with Crippen LogP contribution in [0.1, 0.15) is 194 Å². The van der Waals surface area contributed by atoms with Crippen molar-refractivity contribution in [1.29, 1.82) is 0 Å². The van der Waals surface area contributed by atoms with Crippen molar-refractivity contribution in [2.24, 2.45) is 0 Å². The van der Waals surface area contributed by atoms with Gasteiger partial charge in [-0.3, -0.25) is 9.59 Å². The lowest BCUT2D eigenvalue weighted by molar-refractivity contribution is -0.887. The van der Waals surface area contributed by atoms with E-state index >= 15 is 0 Å². The number of likely N-dealkylation sites (N-methyl/N-ethyl adjacent to an activating group) is 1. The molecule has 0 aromatic heterocycles. The van der Waals surface area contributed by atoms with Gasteiger partial charge in [-0.25, -0.2) is 4.79 Å². The largest absolute Gasteiger partial charge is 0.477 e. The first-order chi connectivity index (χ1) is 29.6. The lowest BCUT2D eigenvalue weighted by Crippen LogP contribution is -2.50. The van der Waals surface area contributed by atoms with E-state index in [4.69, 9.17) is 14.2 Å². The minimum absolute atomic E-state index is 0.0410. The van der Waals surface area contributed by atoms with E-state index in [9.17, 15) is 19.5 Å². The molecule has 350 valence electrons. The number of carboxylic acids is 1. The maximum absolute atomic E-state index is 12.7. The number of aliphatic carboxylic acids is 1. The standard InChI is InChI=1S/C53H91NO7/c1-6-8-10-12-14-16-18-20-22-24-25-26-28-29-31-33-35-37-39-41-43-51(55)60-48-49(47-59-46-45-50(53(57)58)54(3,4)5)61-52(56)44-42-40-38-36-34-32-30-27-23-21-19-17-15-13-11-9-7-2/h9,11,13,15,17,19,21,23,27,30,32,34,49-50H,6-8,10,12,14,16,18,20,22,24-26,28-29,31,33,35-48H2,1-5H3/p+1/b11-9+,15-13+,19-17+,23-21+,30-27+,34-32+. The number of ether oxygens (including phenoxy) is 3. The lowest BCUT2D eigenvalue weighted by Gasteiger charge is -2.31. The predicted molar refractivity (Wildman–Crippen MR) is 257 cm³/mol. The van der Waals surface area contributed by atoms with E-state index in [2.05, 4.69) is 26.0 Å². The average molecular weight is 855 g/mol. The van der Waals surface area contributed by atoms with Gasteiger partial charge in [-0.2, -0.15) is 0 Å². The van der Waals surface area contributed by atoms with Gasteiger partial charge in [0.05, 0.1) is 34.4 Å². The van der Waals surface area contributed by atoms with Gasteiger partial charge in [0.15, 0.2) is 12.1 Å². The number of carboxylic acid groups (broad SMARTS) is 1. The third kappa shape index (κ3) is 41.9. The van der Waals surface area contributed by atoms with E-state index in [0.717, 1.165) is 44.9 Å². The zero-order valence-corrected chi connectivity index (χ0v) is 39.8. The Hall–Kier alpha value is -3.23. The molecule has 0 aliphatic rings. The van der Waals surface area contributed by atoms with E-state index in [1.807, 2.05) is 81.9 Å². The predicted octanol–water partition coefficient (Wildman–Crippen LogP) is 13.9. The summed E-state index contributed by atoms with van der Waals surface area (Å²) in [5.41, 5.74) is 0. The van der Waals surface area contributed by atoms with Gasteiger partial charge >= 0.3 is 17.9 Å². The fourth-order valence-electron chi connectivity index (χ4n) is 7.01. The molecule has 61 heavy (non-hydrogen) atoms. The first-order valence-corrected chi connectivity index (χ1v) is 24.6. The Bertz CT molecular complexity index is 1230. The van der Waals surface area contributed by atoms with E-state index in [-0.39, 0.29) is 42.7 Å². The van der Waals surface area contributed by atoms with Gasteiger partial charge in [-0.15, -0.1) is 0 Å². The molecule has 0 amide bonds. The summed E-state index contributed by atoms with van der Waals surface area (Å²) in [7, 11) is 5.51. The van der Waals surface area contributed by atoms with Crippen molar-refractivity contribution in [1.82, 2.24) is 0 Å². The summed E-state index contributed by atoms with van der Waals surface area (Å²) in [5, 5.41) is 9.64. The number of carbonyl (C=O) groups is 3. The van der Waals surface area contributed by atoms with Gasteiger partial charge < -0.3 is 23.8 Å². The second-order valence-corrected chi connectivity index (χ2v) is 17.5. The smallest absolute Gasteiger partial charge is 0.362 e. The van der Waals surface area contributed by atoms with Crippen LogP contribution >= 0.6 is 0 Å². The summed E-state index contributed by atoms with van der Waals surface area (Å²) in [6.07, 6.45) is 55.2. The van der Waals surface area contributed by atoms with Crippen molar-refractivity contribution in [2.75, 3.05) is 41.0 Å². The molecule has 0 spiro atoms. The molecule has 0 aromatic rings. The van der Waals surface area contributed by atoms with Crippen molar-refractivity contribution < 1.29 is 38.2 Å². The third-order valence-corrected chi connectivity index (χ3v) is 10.8. The van der Waals surface area contributed by atoms with E-state index in [0.29, 0.717) is 19.3 Å². The van der Waals surface area contributed by atoms with Crippen LogP contribution in [0.25, 0.3) is 0 Å². The Kier molecular flexibility index (Phi) is 41.1. The number of nitrogens with zero attached hydrogens (tertiary/aromatic N) is 1. The highest BCUT2D eigenvalue weighted by Gasteiger charge is 2.31. The molecule has 0 rings (SSSR count). The van der Waals surface area contributed by atoms with Gasteiger partial charge in [0, 0.05) is 19.3 Å². The van der Waals surface area contributed by atoms with Crippen molar-refractivity contribution in [3.8, 4) is 0 Å². The summed E-state index contributed by atoms with van der Waals surface area (Å²) in [6.45, 7) is 4.56. The lowest BCUT2D eigenvalue weighted by atomic mass is 10.0. The first kappa shape index (κ1) is 57.8. The number of rotatable bonds is 43. The van der Waals surface area contributed by atoms with Crippen LogP contribution in [0.3, 0.4) is 0 Å². The zero-order valence-electron chi connectivity index (χ0n) is 39.8. The molecule has 0 aromatic carbocycles. The fourth-order valence-corrected chi connectivity index (χ4v) is 7.01. The minimum atomic E-state index is -0.884. The summed E-state index contributed by atoms with van der Waals surface area (Å²) >= 11 is 0. The van der Waals surface area contributed by atoms with Crippen LogP contribution in [-0.4, -0.2) is 80.6 Å². The highest BCUT2D eigenvalue weighted by atomic mass is 16.6. The van der Waals surface area contributed by atoms with E-state index in [1.54, 1.807) is 0 Å². The molecular weight excluding hydrogens is 763 g/mol. The molecular formula is C53H92NO7+. The van der Waals surface area contributed by atoms with Crippen LogP contribution in [0.5, 0.6) is 0 Å². The molecule has 0 radical (unpaired) electrons. The van der Waals surface area contributed by atoms with Crippen LogP contribution in [0.15, 0.2) is 72.9 Å². The average Bonchev–Trinajstić information content (AvgIpc) is 3.22. The number of hydrogen-bond acceptors (Lipinski definition) is 6. The summed E-state index contributed by atoms with van der Waals surface area (Å²) in [5.74, 6) is -1.52. The highest BCUT2D eigenvalue weighted by Crippen LogP contribution is 2.16. The normalized spacial score (nSPS) is 13.5. The number of quaternary nitrogens is 1. The Morgan fingerprint density at radius 3 is 1.36 bits per heavy atom. The Labute approximate surface area is 374 Å². The Balaban J connectivity index is 4.33. The van der Waals surface area contributed by atoms with E-state index < -0.39 is 18.1 Å². The SMILES string of the molecule is CC/C=C/C=C/C=C/C=C/C=C/C=C/CCCCCC(=O)OC(COCCC(C(=O)O)[N+](C)(C)C)COC(=O)CCCCCCCCCCCCCCCCCCCCCC. The third-order valence-electron chi connectivity index (χ3n) is 10.8. The maximum Gasteiger partial charge on any atom is 0.362 e. The van der Waals surface area contributed by atoms with Crippen molar-refractivity contribution >= 4 is 17.9 Å². The minimum Gasteiger partial charge on any atom is -0.477 e. The van der Waals surface area contributed by atoms with Crippen molar-refractivity contribution in [3.05, 3.63) is 72.9 Å². The van der Waals surface area contributed by atoms with Gasteiger partial charge in [-0.05, 0) is 32.1 Å². The number of esters is 2. The van der Waals surface area contributed by atoms with Crippen molar-refractivity contribution in [2.45, 2.75) is 206 Å². The molecule has 0 aliphatic heterocycles. The molecule has 2 atom stereocenters. The summed E-state index contributed by atoms with van der Waals surface area (Å²) in [6, 6.07) is -0.626. The molecule has 0 fully saturated rings. The maximum atomic E-state index is 12.7. The molecule has 1 N–H and O–H groups in total. The summed E-state index contributed by atoms with van der Waals surface area (Å²) < 4.78 is 17.3. The number of hydrogen-bond donors (Lipinski definition) is 1. The van der Waals surface area contributed by atoms with Gasteiger partial charge in [0.25, 0.3) is 0 Å². The van der Waals surface area contributed by atoms with Crippen LogP contribution in [-0.2, 0) is 28.6 Å². The molecule has 0 saturated carbocycles. The monoisotopic (exact) mass is 855 g/mol. The van der Waals surface area contributed by atoms with Gasteiger partial charge in [-0.1, -0.05) is 215 Å². The van der Waals surface area contributed by atoms with Crippen LogP contribution < -0.4 is 0 Å². The number of allylic oxidation sites excluding steroid dienone is 12. The van der Waals surface area contributed by atoms with Crippen LogP contribution in [0.4, 0.5) is 0 Å². The fraction of sp³-hybridized carbons (Fsp3) is 0.717. The van der Waals surface area contributed by atoms with Crippen LogP contribution in [0, 0.1) is 0 Å². The highest BCUT2D eigenvalue weighted by molar-refractivity contribution is 5.72. The van der Waals surface area contributed by atoms with Crippen LogP contribution in [0.2, 0.25) is 0 Å². The molecule has 0 bridgehead atoms. The Morgan fingerprint density at radius 1 is 0.508 bits per heavy atom. The molecule has 0 heterocycles. The van der Waals surface area contributed by atoms with Gasteiger partial charge in [0.2, 0.25) is 0 Å². The Morgan fingerprint density at radius 2 is 0.918 bits per heavy atom. The zero-order chi connectivity index (χ0) is 44.9. The van der Waals surface area contributed by atoms with Crippen molar-refractivity contribution in [3.63, 3.8) is 0 Å². The number of unbranched alkanes of at least 4 members (excludes halogenated alkanes) is 22. The molecule has 8 heteroatoms. The summed E-state index contributed by atoms with van der Waals surface area (Å²) in [4.78, 5) is 37.1. The molecule has 2 unspecified atom stereocenters. The quantitative estimate of drug-likeness (QED) is 0.0282. The molecule has 0 aliphatic carbocycles. The first-order valence-electron chi connectivity index (χ1n) is 24.6. The van der Waals surface area contributed by atoms with E-state index in [1.165, 1.54) is 109 Å². The number of carbonyl (C=O) groups excluding carboxylic acids is 2. The molecule has 0 saturated heterocycles. The second kappa shape index (κ2) is 43.4. The molecule has 8 nitrogen and oxygen atoms in total. The second-order valence-electron chi connectivity index (χ2n) is 17.5.